The van der Waals surface area contributed by atoms with Crippen LogP contribution >= 0.6 is 0 Å². The molecule has 0 saturated carbocycles. The number of aryl methyl sites for hydroxylation is 1. The van der Waals surface area contributed by atoms with Crippen molar-refractivity contribution in [2.24, 2.45) is 0 Å². The Hall–Kier alpha value is -3.86. The van der Waals surface area contributed by atoms with Crippen molar-refractivity contribution >= 4 is 22.6 Å². The highest BCUT2D eigenvalue weighted by Crippen LogP contribution is 2.34. The third-order valence-electron chi connectivity index (χ3n) is 6.49. The van der Waals surface area contributed by atoms with E-state index in [1.54, 1.807) is 0 Å². The molecule has 1 saturated heterocycles. The molecule has 2 heterocycles. The van der Waals surface area contributed by atoms with Crippen molar-refractivity contribution in [3.63, 3.8) is 0 Å². The Morgan fingerprint density at radius 1 is 1.06 bits per heavy atom. The van der Waals surface area contributed by atoms with Crippen molar-refractivity contribution in [3.05, 3.63) is 102 Å². The maximum Gasteiger partial charge on any atom is 0.227 e. The van der Waals surface area contributed by atoms with Crippen molar-refractivity contribution in [2.45, 2.75) is 32.2 Å². The maximum atomic E-state index is 13.0. The van der Waals surface area contributed by atoms with Crippen molar-refractivity contribution in [3.8, 4) is 5.75 Å². The Labute approximate surface area is 200 Å². The van der Waals surface area contributed by atoms with Crippen LogP contribution in [0.4, 0.5) is 5.69 Å². The summed E-state index contributed by atoms with van der Waals surface area (Å²) in [4.78, 5) is 19.9. The number of amides is 1. The fraction of sp³-hybridized carbons (Fsp3) is 0.241. The first-order valence-electron chi connectivity index (χ1n) is 11.8. The van der Waals surface area contributed by atoms with Crippen LogP contribution in [0.15, 0.2) is 85.5 Å². The summed E-state index contributed by atoms with van der Waals surface area (Å²) in [5, 5.41) is 0. The number of allylic oxidation sites excluding steroid dienone is 1. The Balaban J connectivity index is 1.40. The Bertz CT molecular complexity index is 1340. The molecule has 34 heavy (non-hydrogen) atoms. The van der Waals surface area contributed by atoms with E-state index in [2.05, 4.69) is 23.3 Å². The SMILES string of the molecule is C=CCc1ccccc1OCCn1c(C2CC(=O)N(c3ccccc3C)C2)nc2ccccc21. The molecular formula is C29H29N3O2. The van der Waals surface area contributed by atoms with Gasteiger partial charge in [0.1, 0.15) is 18.2 Å². The summed E-state index contributed by atoms with van der Waals surface area (Å²) in [6.45, 7) is 7.71. The molecule has 0 radical (unpaired) electrons. The zero-order valence-corrected chi connectivity index (χ0v) is 19.5. The first-order valence-corrected chi connectivity index (χ1v) is 11.8. The number of hydrogen-bond donors (Lipinski definition) is 0. The standard InChI is InChI=1S/C29H29N3O2/c1-3-10-22-12-5-9-16-27(22)34-18-17-31-26-15-8-6-13-24(26)30-29(31)23-19-28(33)32(20-23)25-14-7-4-11-21(25)2/h3-9,11-16,23H,1,10,17-20H2,2H3. The molecule has 1 amide bonds. The zero-order chi connectivity index (χ0) is 23.5. The monoisotopic (exact) mass is 451 g/mol. The number of carbonyl (C=O) groups excluding carboxylic acids is 1. The number of anilines is 1. The first-order chi connectivity index (χ1) is 16.7. The van der Waals surface area contributed by atoms with Crippen LogP contribution in [0.3, 0.4) is 0 Å². The van der Waals surface area contributed by atoms with Crippen LogP contribution < -0.4 is 9.64 Å². The highest BCUT2D eigenvalue weighted by molar-refractivity contribution is 5.97. The van der Waals surface area contributed by atoms with Crippen LogP contribution in [0.2, 0.25) is 0 Å². The summed E-state index contributed by atoms with van der Waals surface area (Å²) in [5.41, 5.74) is 5.24. The molecule has 1 aromatic heterocycles. The number of para-hydroxylation sites is 4. The summed E-state index contributed by atoms with van der Waals surface area (Å²) in [5.74, 6) is 2.02. The van der Waals surface area contributed by atoms with Gasteiger partial charge in [0.2, 0.25) is 5.91 Å². The lowest BCUT2D eigenvalue weighted by atomic mass is 10.1. The van der Waals surface area contributed by atoms with Gasteiger partial charge < -0.3 is 14.2 Å². The number of carbonyl (C=O) groups is 1. The van der Waals surface area contributed by atoms with E-state index in [0.717, 1.165) is 45.8 Å². The number of nitrogens with zero attached hydrogens (tertiary/aromatic N) is 3. The van der Waals surface area contributed by atoms with Gasteiger partial charge in [-0.05, 0) is 48.7 Å². The predicted octanol–water partition coefficient (Wildman–Crippen LogP) is 5.67. The van der Waals surface area contributed by atoms with Crippen LogP contribution in [0, 0.1) is 6.92 Å². The second-order valence-electron chi connectivity index (χ2n) is 8.75. The fourth-order valence-corrected chi connectivity index (χ4v) is 4.84. The topological polar surface area (TPSA) is 47.4 Å². The summed E-state index contributed by atoms with van der Waals surface area (Å²) >= 11 is 0. The molecule has 1 fully saturated rings. The Morgan fingerprint density at radius 2 is 1.82 bits per heavy atom. The van der Waals surface area contributed by atoms with Crippen molar-refractivity contribution in [2.75, 3.05) is 18.1 Å². The van der Waals surface area contributed by atoms with E-state index in [4.69, 9.17) is 9.72 Å². The second kappa shape index (κ2) is 9.56. The van der Waals surface area contributed by atoms with Crippen LogP contribution in [-0.2, 0) is 17.8 Å². The molecule has 5 heteroatoms. The number of benzene rings is 3. The molecule has 0 bridgehead atoms. The normalized spacial score (nSPS) is 15.7. The lowest BCUT2D eigenvalue weighted by Crippen LogP contribution is -2.25. The molecule has 3 aromatic carbocycles. The molecule has 1 atom stereocenters. The third-order valence-corrected chi connectivity index (χ3v) is 6.49. The lowest BCUT2D eigenvalue weighted by molar-refractivity contribution is -0.117. The van der Waals surface area contributed by atoms with Crippen LogP contribution in [0.1, 0.15) is 29.3 Å². The Morgan fingerprint density at radius 3 is 2.68 bits per heavy atom. The number of hydrogen-bond acceptors (Lipinski definition) is 3. The molecule has 5 rings (SSSR count). The molecule has 1 aliphatic rings. The average molecular weight is 452 g/mol. The predicted molar refractivity (Wildman–Crippen MR) is 136 cm³/mol. The summed E-state index contributed by atoms with van der Waals surface area (Å²) < 4.78 is 8.41. The second-order valence-corrected chi connectivity index (χ2v) is 8.75. The molecule has 4 aromatic rings. The molecule has 0 spiro atoms. The first kappa shape index (κ1) is 22.0. The van der Waals surface area contributed by atoms with Crippen molar-refractivity contribution < 1.29 is 9.53 Å². The van der Waals surface area contributed by atoms with Crippen molar-refractivity contribution in [1.82, 2.24) is 9.55 Å². The maximum absolute atomic E-state index is 13.0. The zero-order valence-electron chi connectivity index (χ0n) is 19.5. The van der Waals surface area contributed by atoms with Gasteiger partial charge in [0.15, 0.2) is 0 Å². The van der Waals surface area contributed by atoms with Crippen LogP contribution in [-0.4, -0.2) is 28.6 Å². The van der Waals surface area contributed by atoms with Crippen LogP contribution in [0.5, 0.6) is 5.75 Å². The molecule has 0 aliphatic carbocycles. The minimum atomic E-state index is 0.0348. The molecule has 1 aliphatic heterocycles. The lowest BCUT2D eigenvalue weighted by Gasteiger charge is -2.19. The summed E-state index contributed by atoms with van der Waals surface area (Å²) in [7, 11) is 0. The van der Waals surface area contributed by atoms with Gasteiger partial charge in [-0.3, -0.25) is 4.79 Å². The highest BCUT2D eigenvalue weighted by atomic mass is 16.5. The van der Waals surface area contributed by atoms with Gasteiger partial charge in [0, 0.05) is 24.6 Å². The van der Waals surface area contributed by atoms with E-state index in [1.165, 1.54) is 0 Å². The quantitative estimate of drug-likeness (QED) is 0.324. The number of rotatable bonds is 8. The third kappa shape index (κ3) is 4.21. The molecule has 0 N–H and O–H groups in total. The minimum Gasteiger partial charge on any atom is -0.491 e. The molecule has 172 valence electrons. The van der Waals surface area contributed by atoms with E-state index in [-0.39, 0.29) is 11.8 Å². The largest absolute Gasteiger partial charge is 0.491 e. The average Bonchev–Trinajstić information content (AvgIpc) is 3.41. The number of imidazole rings is 1. The van der Waals surface area contributed by atoms with Gasteiger partial charge in [-0.2, -0.15) is 0 Å². The van der Waals surface area contributed by atoms with E-state index in [9.17, 15) is 4.79 Å². The fourth-order valence-electron chi connectivity index (χ4n) is 4.84. The molecular weight excluding hydrogens is 422 g/mol. The molecule has 5 nitrogen and oxygen atoms in total. The van der Waals surface area contributed by atoms with Gasteiger partial charge in [-0.25, -0.2) is 4.98 Å². The number of fused-ring (bicyclic) bond motifs is 1. The van der Waals surface area contributed by atoms with Gasteiger partial charge in [0.05, 0.1) is 17.6 Å². The van der Waals surface area contributed by atoms with Gasteiger partial charge in [-0.15, -0.1) is 6.58 Å². The smallest absolute Gasteiger partial charge is 0.227 e. The minimum absolute atomic E-state index is 0.0348. The summed E-state index contributed by atoms with van der Waals surface area (Å²) in [6.07, 6.45) is 3.12. The van der Waals surface area contributed by atoms with Crippen molar-refractivity contribution in [1.29, 1.82) is 0 Å². The highest BCUT2D eigenvalue weighted by Gasteiger charge is 2.35. The summed E-state index contributed by atoms with van der Waals surface area (Å²) in [6, 6.07) is 24.3. The Kier molecular flexibility index (Phi) is 6.17. The molecule has 1 unspecified atom stereocenters. The van der Waals surface area contributed by atoms with Gasteiger partial charge in [-0.1, -0.05) is 54.6 Å². The van der Waals surface area contributed by atoms with Gasteiger partial charge >= 0.3 is 0 Å². The number of ether oxygens (including phenoxy) is 1. The number of aromatic nitrogens is 2. The van der Waals surface area contributed by atoms with E-state index >= 15 is 0 Å². The van der Waals surface area contributed by atoms with E-state index in [0.29, 0.717) is 26.1 Å². The van der Waals surface area contributed by atoms with E-state index < -0.39 is 0 Å². The van der Waals surface area contributed by atoms with Gasteiger partial charge in [0.25, 0.3) is 0 Å². The van der Waals surface area contributed by atoms with E-state index in [1.807, 2.05) is 78.6 Å². The van der Waals surface area contributed by atoms with Crippen LogP contribution in [0.25, 0.3) is 11.0 Å².